The van der Waals surface area contributed by atoms with Crippen LogP contribution in [0.1, 0.15) is 50.9 Å². The van der Waals surface area contributed by atoms with Crippen molar-refractivity contribution in [1.29, 1.82) is 0 Å². The van der Waals surface area contributed by atoms with E-state index < -0.39 is 0 Å². The van der Waals surface area contributed by atoms with Crippen LogP contribution in [-0.4, -0.2) is 9.56 Å². The molecule has 3 nitrogen and oxygen atoms in total. The molecule has 0 N–H and O–H groups in total. The predicted molar refractivity (Wildman–Crippen MR) is 55.6 cm³/mol. The molecule has 2 aromatic rings. The smallest absolute Gasteiger partial charge is 0.172 e. The predicted octanol–water partition coefficient (Wildman–Crippen LogP) is 3.17. The van der Waals surface area contributed by atoms with Crippen LogP contribution < -0.4 is 0 Å². The second-order valence-corrected chi connectivity index (χ2v) is 4.25. The number of aromatic nitrogens is 2. The summed E-state index contributed by atoms with van der Waals surface area (Å²) in [5.41, 5.74) is 3.26. The highest BCUT2D eigenvalue weighted by molar-refractivity contribution is 5.42. The van der Waals surface area contributed by atoms with Crippen LogP contribution in [0.3, 0.4) is 0 Å². The van der Waals surface area contributed by atoms with Gasteiger partial charge in [-0.2, -0.15) is 4.57 Å². The molecule has 2 rings (SSSR count). The molecule has 0 spiro atoms. The molecule has 2 aromatic heterocycles. The fraction of sp³-hybridized carbons (Fsp3) is 0.545. The molecule has 0 atom stereocenters. The highest BCUT2D eigenvalue weighted by Gasteiger charge is 2.19. The van der Waals surface area contributed by atoms with Crippen molar-refractivity contribution in [1.82, 2.24) is 9.56 Å². The van der Waals surface area contributed by atoms with E-state index in [1.807, 2.05) is 10.6 Å². The van der Waals surface area contributed by atoms with Gasteiger partial charge in [0, 0.05) is 6.07 Å². The lowest BCUT2D eigenvalue weighted by atomic mass is 10.0. The number of nitrogens with zero attached hydrogens (tertiary/aromatic N) is 2. The zero-order valence-corrected chi connectivity index (χ0v) is 9.11. The zero-order valence-electron chi connectivity index (χ0n) is 9.11. The third-order valence-corrected chi connectivity index (χ3v) is 2.40. The number of hydrogen-bond acceptors (Lipinski definition) is 2. The average molecular weight is 192 g/mol. The van der Waals surface area contributed by atoms with Crippen LogP contribution in [0.4, 0.5) is 0 Å². The van der Waals surface area contributed by atoms with Crippen LogP contribution in [0.25, 0.3) is 5.65 Å². The Bertz CT molecular complexity index is 437. The van der Waals surface area contributed by atoms with Crippen LogP contribution >= 0.6 is 0 Å². The average Bonchev–Trinajstić information content (AvgIpc) is 2.58. The van der Waals surface area contributed by atoms with Gasteiger partial charge >= 0.3 is 0 Å². The molecule has 0 amide bonds. The summed E-state index contributed by atoms with van der Waals surface area (Å²) in [4.78, 5) is 4.56. The van der Waals surface area contributed by atoms with Crippen molar-refractivity contribution < 1.29 is 4.52 Å². The Morgan fingerprint density at radius 3 is 2.50 bits per heavy atom. The lowest BCUT2D eigenvalue weighted by Gasteiger charge is -2.08. The van der Waals surface area contributed by atoms with Crippen LogP contribution in [0, 0.1) is 0 Å². The minimum absolute atomic E-state index is 0.438. The maximum atomic E-state index is 5.40. The van der Waals surface area contributed by atoms with E-state index in [-0.39, 0.29) is 0 Å². The van der Waals surface area contributed by atoms with Gasteiger partial charge in [0.15, 0.2) is 5.65 Å². The fourth-order valence-corrected chi connectivity index (χ4v) is 1.78. The molecule has 0 aliphatic carbocycles. The fourth-order valence-electron chi connectivity index (χ4n) is 1.78. The summed E-state index contributed by atoms with van der Waals surface area (Å²) in [7, 11) is 0. The topological polar surface area (TPSA) is 30.4 Å². The van der Waals surface area contributed by atoms with E-state index in [1.165, 1.54) is 5.69 Å². The van der Waals surface area contributed by atoms with Crippen LogP contribution in [-0.2, 0) is 0 Å². The quantitative estimate of drug-likeness (QED) is 0.731. The van der Waals surface area contributed by atoms with E-state index in [2.05, 4.69) is 32.7 Å². The van der Waals surface area contributed by atoms with E-state index in [0.29, 0.717) is 11.8 Å². The van der Waals surface area contributed by atoms with E-state index >= 15 is 0 Å². The zero-order chi connectivity index (χ0) is 10.3. The summed E-state index contributed by atoms with van der Waals surface area (Å²) >= 11 is 0. The Hall–Kier alpha value is -1.25. The summed E-state index contributed by atoms with van der Waals surface area (Å²) in [5.74, 6) is 0.885. The Morgan fingerprint density at radius 2 is 1.93 bits per heavy atom. The molecule has 3 heteroatoms. The highest BCUT2D eigenvalue weighted by atomic mass is 16.5. The van der Waals surface area contributed by atoms with Crippen LogP contribution in [0.15, 0.2) is 16.9 Å². The molecule has 0 aromatic carbocycles. The van der Waals surface area contributed by atoms with E-state index in [0.717, 1.165) is 11.3 Å². The number of fused-ring (bicyclic) bond motifs is 1. The van der Waals surface area contributed by atoms with Crippen molar-refractivity contribution >= 4 is 5.65 Å². The maximum absolute atomic E-state index is 5.40. The molecule has 0 aliphatic rings. The summed E-state index contributed by atoms with van der Waals surface area (Å²) in [5, 5.41) is 0. The minimum Gasteiger partial charge on any atom is -0.381 e. The van der Waals surface area contributed by atoms with Gasteiger partial charge in [-0.15, -0.1) is 0 Å². The van der Waals surface area contributed by atoms with Gasteiger partial charge in [0.2, 0.25) is 0 Å². The summed E-state index contributed by atoms with van der Waals surface area (Å²) in [6.45, 7) is 8.65. The third kappa shape index (κ3) is 1.24. The molecular formula is C11H16N2O. The first-order valence-electron chi connectivity index (χ1n) is 5.07. The normalized spacial score (nSPS) is 12.1. The van der Waals surface area contributed by atoms with Gasteiger partial charge in [-0.3, -0.25) is 0 Å². The number of hydrogen-bond donors (Lipinski definition) is 0. The van der Waals surface area contributed by atoms with Crippen molar-refractivity contribution in [3.63, 3.8) is 0 Å². The van der Waals surface area contributed by atoms with Gasteiger partial charge in [-0.25, -0.2) is 4.98 Å². The second-order valence-electron chi connectivity index (χ2n) is 4.25. The van der Waals surface area contributed by atoms with Gasteiger partial charge in [-0.1, -0.05) is 27.7 Å². The lowest BCUT2D eigenvalue weighted by Crippen LogP contribution is -1.99. The van der Waals surface area contributed by atoms with Crippen molar-refractivity contribution in [2.75, 3.05) is 0 Å². The monoisotopic (exact) mass is 192 g/mol. The molecule has 0 unspecified atom stereocenters. The Morgan fingerprint density at radius 1 is 1.21 bits per heavy atom. The van der Waals surface area contributed by atoms with Crippen LogP contribution in [0.5, 0.6) is 0 Å². The van der Waals surface area contributed by atoms with Crippen molar-refractivity contribution in [3.05, 3.63) is 23.7 Å². The minimum atomic E-state index is 0.438. The molecule has 0 fully saturated rings. The molecule has 0 radical (unpaired) electrons. The molecule has 0 aliphatic heterocycles. The number of imidazole rings is 1. The first-order chi connectivity index (χ1) is 6.61. The van der Waals surface area contributed by atoms with Gasteiger partial charge in [0.1, 0.15) is 6.26 Å². The van der Waals surface area contributed by atoms with E-state index in [9.17, 15) is 0 Å². The van der Waals surface area contributed by atoms with E-state index in [4.69, 9.17) is 4.52 Å². The van der Waals surface area contributed by atoms with Crippen molar-refractivity contribution in [2.45, 2.75) is 39.5 Å². The Labute approximate surface area is 83.7 Å². The molecule has 14 heavy (non-hydrogen) atoms. The van der Waals surface area contributed by atoms with Crippen LogP contribution in [0.2, 0.25) is 0 Å². The molecular weight excluding hydrogens is 176 g/mol. The van der Waals surface area contributed by atoms with Gasteiger partial charge < -0.3 is 4.52 Å². The van der Waals surface area contributed by atoms with Gasteiger partial charge in [-0.05, 0) is 11.8 Å². The molecule has 0 bridgehead atoms. The largest absolute Gasteiger partial charge is 0.381 e. The Kier molecular flexibility index (Phi) is 2.10. The first-order valence-corrected chi connectivity index (χ1v) is 5.07. The highest BCUT2D eigenvalue weighted by Crippen LogP contribution is 2.26. The molecule has 76 valence electrons. The Balaban J connectivity index is 2.69. The van der Waals surface area contributed by atoms with E-state index in [1.54, 1.807) is 6.26 Å². The van der Waals surface area contributed by atoms with Crippen molar-refractivity contribution in [2.24, 2.45) is 0 Å². The summed E-state index contributed by atoms with van der Waals surface area (Å²) < 4.78 is 7.23. The van der Waals surface area contributed by atoms with Gasteiger partial charge in [0.05, 0.1) is 11.4 Å². The number of rotatable bonds is 2. The maximum Gasteiger partial charge on any atom is 0.172 e. The second kappa shape index (κ2) is 3.15. The summed E-state index contributed by atoms with van der Waals surface area (Å²) in [6.07, 6.45) is 1.68. The molecule has 0 saturated carbocycles. The van der Waals surface area contributed by atoms with Crippen molar-refractivity contribution in [3.8, 4) is 0 Å². The lowest BCUT2D eigenvalue weighted by molar-refractivity contribution is 0.360. The standard InChI is InChI=1S/C11H16N2O/c1-7(2)10-11(8(3)4)13-9(12-10)5-6-14-13/h5-8H,1-4H3. The third-order valence-electron chi connectivity index (χ3n) is 2.40. The molecule has 0 saturated heterocycles. The molecule has 2 heterocycles. The first kappa shape index (κ1) is 9.31. The SMILES string of the molecule is CC(C)c1nc2ccon2c1C(C)C. The summed E-state index contributed by atoms with van der Waals surface area (Å²) in [6, 6.07) is 1.90. The van der Waals surface area contributed by atoms with Gasteiger partial charge in [0.25, 0.3) is 0 Å².